The molecule has 0 saturated carbocycles. The molecule has 0 aliphatic rings. The smallest absolute Gasteiger partial charge is 0.282 e. The summed E-state index contributed by atoms with van der Waals surface area (Å²) in [6, 6.07) is 10.9. The number of benzene rings is 2. The normalized spacial score (nSPS) is 11.2. The van der Waals surface area contributed by atoms with E-state index in [1.807, 2.05) is 25.1 Å². The van der Waals surface area contributed by atoms with Crippen molar-refractivity contribution in [2.24, 2.45) is 5.10 Å². The molecule has 6 nitrogen and oxygen atoms in total. The van der Waals surface area contributed by atoms with Crippen LogP contribution in [-0.2, 0) is 0 Å². The van der Waals surface area contributed by atoms with Gasteiger partial charge in [0.15, 0.2) is 11.5 Å². The Kier molecular flexibility index (Phi) is 5.37. The molecular weight excluding hydrogens is 398 g/mol. The second kappa shape index (κ2) is 7.70. The van der Waals surface area contributed by atoms with Crippen LogP contribution in [-0.4, -0.2) is 29.6 Å². The van der Waals surface area contributed by atoms with Crippen LogP contribution in [0.3, 0.4) is 0 Å². The van der Waals surface area contributed by atoms with E-state index in [9.17, 15) is 4.79 Å². The van der Waals surface area contributed by atoms with Gasteiger partial charge in [0.2, 0.25) is 0 Å². The number of hydrogen-bond acceptors (Lipinski definition) is 5. The molecule has 0 atom stereocenters. The lowest BCUT2D eigenvalue weighted by molar-refractivity contribution is 0.311. The van der Waals surface area contributed by atoms with Crippen LogP contribution in [0.4, 0.5) is 0 Å². The Morgan fingerprint density at radius 2 is 2.04 bits per heavy atom. The molecule has 7 heteroatoms. The number of methoxy groups -OCH3 is 1. The minimum Gasteiger partial charge on any atom is -0.493 e. The number of nitrogens with zero attached hydrogens (tertiary/aromatic N) is 3. The summed E-state index contributed by atoms with van der Waals surface area (Å²) in [5.41, 5.74) is 1.21. The summed E-state index contributed by atoms with van der Waals surface area (Å²) < 4.78 is 12.9. The molecule has 26 heavy (non-hydrogen) atoms. The summed E-state index contributed by atoms with van der Waals surface area (Å²) in [6.45, 7) is 4.21. The van der Waals surface area contributed by atoms with Gasteiger partial charge in [0.1, 0.15) is 5.82 Å². The molecule has 0 amide bonds. The number of ether oxygens (including phenoxy) is 2. The van der Waals surface area contributed by atoms with Crippen molar-refractivity contribution in [1.29, 1.82) is 0 Å². The lowest BCUT2D eigenvalue weighted by Gasteiger charge is -2.09. The minimum atomic E-state index is -0.219. The van der Waals surface area contributed by atoms with E-state index in [1.165, 1.54) is 4.68 Å². The number of rotatable bonds is 5. The summed E-state index contributed by atoms with van der Waals surface area (Å²) in [5.74, 6) is 1.79. The molecule has 1 aromatic heterocycles. The Morgan fingerprint density at radius 3 is 2.77 bits per heavy atom. The second-order valence-corrected chi connectivity index (χ2v) is 6.44. The molecule has 0 fully saturated rings. The van der Waals surface area contributed by atoms with E-state index in [0.29, 0.717) is 34.8 Å². The van der Waals surface area contributed by atoms with Crippen LogP contribution in [0.2, 0.25) is 0 Å². The van der Waals surface area contributed by atoms with E-state index in [1.54, 1.807) is 38.4 Å². The van der Waals surface area contributed by atoms with Crippen molar-refractivity contribution in [3.8, 4) is 11.5 Å². The van der Waals surface area contributed by atoms with Crippen LogP contribution in [0, 0.1) is 6.92 Å². The van der Waals surface area contributed by atoms with Crippen LogP contribution in [0.25, 0.3) is 10.9 Å². The molecular formula is C19H18BrN3O3. The Balaban J connectivity index is 2.02. The minimum absolute atomic E-state index is 0.219. The Bertz CT molecular complexity index is 1040. The van der Waals surface area contributed by atoms with E-state index in [0.717, 1.165) is 10.0 Å². The Morgan fingerprint density at radius 1 is 1.23 bits per heavy atom. The van der Waals surface area contributed by atoms with Gasteiger partial charge in [-0.25, -0.2) is 4.98 Å². The number of aromatic nitrogens is 2. The van der Waals surface area contributed by atoms with E-state index in [2.05, 4.69) is 26.0 Å². The first-order valence-electron chi connectivity index (χ1n) is 8.07. The van der Waals surface area contributed by atoms with Crippen molar-refractivity contribution in [1.82, 2.24) is 9.66 Å². The van der Waals surface area contributed by atoms with Gasteiger partial charge in [-0.15, -0.1) is 0 Å². The molecule has 2 aromatic carbocycles. The highest BCUT2D eigenvalue weighted by molar-refractivity contribution is 9.10. The predicted octanol–water partition coefficient (Wildman–Crippen LogP) is 3.76. The van der Waals surface area contributed by atoms with E-state index in [-0.39, 0.29) is 5.56 Å². The van der Waals surface area contributed by atoms with Crippen molar-refractivity contribution in [3.05, 3.63) is 62.6 Å². The third kappa shape index (κ3) is 3.62. The molecule has 0 aliphatic carbocycles. The highest BCUT2D eigenvalue weighted by Gasteiger charge is 2.08. The maximum Gasteiger partial charge on any atom is 0.282 e. The third-order valence-corrected chi connectivity index (χ3v) is 4.27. The molecule has 0 aliphatic heterocycles. The van der Waals surface area contributed by atoms with Crippen molar-refractivity contribution >= 4 is 33.0 Å². The average Bonchev–Trinajstić information content (AvgIpc) is 2.63. The highest BCUT2D eigenvalue weighted by Crippen LogP contribution is 2.27. The molecule has 0 saturated heterocycles. The standard InChI is InChI=1S/C19H18BrN3O3/c1-4-26-17-8-5-13(9-18(17)25-3)11-21-23-12(2)22-16-7-6-14(20)10-15(16)19(23)24/h5-11H,4H2,1-3H3. The lowest BCUT2D eigenvalue weighted by atomic mass is 10.2. The molecule has 0 radical (unpaired) electrons. The SMILES string of the molecule is CCOc1ccc(C=Nn2c(C)nc3ccc(Br)cc3c2=O)cc1OC. The van der Waals surface area contributed by atoms with Crippen LogP contribution >= 0.6 is 15.9 Å². The first-order valence-corrected chi connectivity index (χ1v) is 8.87. The lowest BCUT2D eigenvalue weighted by Crippen LogP contribution is -2.20. The highest BCUT2D eigenvalue weighted by atomic mass is 79.9. The van der Waals surface area contributed by atoms with Gasteiger partial charge in [0.05, 0.1) is 30.8 Å². The summed E-state index contributed by atoms with van der Waals surface area (Å²) >= 11 is 3.38. The molecule has 3 aromatic rings. The Hall–Kier alpha value is -2.67. The molecule has 134 valence electrons. The molecule has 0 spiro atoms. The van der Waals surface area contributed by atoms with Crippen molar-refractivity contribution in [2.75, 3.05) is 13.7 Å². The quantitative estimate of drug-likeness (QED) is 0.595. The van der Waals surface area contributed by atoms with Gasteiger partial charge in [-0.3, -0.25) is 4.79 Å². The van der Waals surface area contributed by atoms with E-state index < -0.39 is 0 Å². The first kappa shape index (κ1) is 18.1. The predicted molar refractivity (Wildman–Crippen MR) is 106 cm³/mol. The van der Waals surface area contributed by atoms with Gasteiger partial charge >= 0.3 is 0 Å². The zero-order valence-electron chi connectivity index (χ0n) is 14.7. The van der Waals surface area contributed by atoms with E-state index >= 15 is 0 Å². The molecule has 1 heterocycles. The monoisotopic (exact) mass is 415 g/mol. The fourth-order valence-electron chi connectivity index (χ4n) is 2.56. The molecule has 3 rings (SSSR count). The zero-order chi connectivity index (χ0) is 18.7. The van der Waals surface area contributed by atoms with Crippen LogP contribution in [0.5, 0.6) is 11.5 Å². The van der Waals surface area contributed by atoms with Crippen molar-refractivity contribution in [3.63, 3.8) is 0 Å². The van der Waals surface area contributed by atoms with Gasteiger partial charge in [0, 0.05) is 4.47 Å². The topological polar surface area (TPSA) is 65.7 Å². The van der Waals surface area contributed by atoms with Gasteiger partial charge in [0.25, 0.3) is 5.56 Å². The summed E-state index contributed by atoms with van der Waals surface area (Å²) in [6.07, 6.45) is 1.60. The fourth-order valence-corrected chi connectivity index (χ4v) is 2.92. The molecule has 0 unspecified atom stereocenters. The van der Waals surface area contributed by atoms with Crippen molar-refractivity contribution < 1.29 is 9.47 Å². The van der Waals surface area contributed by atoms with Crippen molar-refractivity contribution in [2.45, 2.75) is 13.8 Å². The van der Waals surface area contributed by atoms with Gasteiger partial charge < -0.3 is 9.47 Å². The molecule has 0 bridgehead atoms. The van der Waals surface area contributed by atoms with Crippen LogP contribution in [0.15, 0.2) is 50.8 Å². The zero-order valence-corrected chi connectivity index (χ0v) is 16.3. The fraction of sp³-hybridized carbons (Fsp3) is 0.211. The largest absolute Gasteiger partial charge is 0.493 e. The number of aryl methyl sites for hydroxylation is 1. The van der Waals surface area contributed by atoms with Crippen LogP contribution in [0.1, 0.15) is 18.3 Å². The summed E-state index contributed by atoms with van der Waals surface area (Å²) in [5, 5.41) is 4.82. The summed E-state index contributed by atoms with van der Waals surface area (Å²) in [7, 11) is 1.58. The third-order valence-electron chi connectivity index (χ3n) is 3.78. The number of hydrogen-bond donors (Lipinski definition) is 0. The van der Waals surface area contributed by atoms with Gasteiger partial charge in [-0.05, 0) is 55.8 Å². The first-order chi connectivity index (χ1) is 12.5. The van der Waals surface area contributed by atoms with Gasteiger partial charge in [-0.1, -0.05) is 15.9 Å². The maximum atomic E-state index is 12.7. The van der Waals surface area contributed by atoms with Gasteiger partial charge in [-0.2, -0.15) is 9.78 Å². The summed E-state index contributed by atoms with van der Waals surface area (Å²) in [4.78, 5) is 17.2. The average molecular weight is 416 g/mol. The maximum absolute atomic E-state index is 12.7. The van der Waals surface area contributed by atoms with E-state index in [4.69, 9.17) is 9.47 Å². The number of halogens is 1. The second-order valence-electron chi connectivity index (χ2n) is 5.53. The number of fused-ring (bicyclic) bond motifs is 1. The van der Waals surface area contributed by atoms with Crippen LogP contribution < -0.4 is 15.0 Å². The molecule has 0 N–H and O–H groups in total. The Labute approximate surface area is 159 Å².